The van der Waals surface area contributed by atoms with E-state index in [2.05, 4.69) is 54.0 Å². The molecule has 0 fully saturated rings. The van der Waals surface area contributed by atoms with Crippen molar-refractivity contribution in [1.29, 1.82) is 0 Å². The Balaban J connectivity index is 1.56. The van der Waals surface area contributed by atoms with Gasteiger partial charge in [0.15, 0.2) is 0 Å². The fourth-order valence-corrected chi connectivity index (χ4v) is 5.32. The summed E-state index contributed by atoms with van der Waals surface area (Å²) in [4.78, 5) is 13.9. The van der Waals surface area contributed by atoms with Crippen LogP contribution >= 0.6 is 11.3 Å². The molecule has 0 saturated carbocycles. The van der Waals surface area contributed by atoms with E-state index >= 15 is 0 Å². The Kier molecular flexibility index (Phi) is 4.74. The van der Waals surface area contributed by atoms with Crippen LogP contribution in [-0.4, -0.2) is 5.91 Å². The van der Waals surface area contributed by atoms with Crippen LogP contribution in [0.5, 0.6) is 0 Å². The standard InChI is InChI=1S/C29H21NO2S/c1-18-12-13-33-27(18)16-22-21-15-23-25(17-24(21)30-29(22)31)32-26(14-19-8-4-2-5-9-19)28(23)20-10-6-3-7-11-20/h2-13,15-17H,14H2,1H3,(H,30,31)/b22-16-. The van der Waals surface area contributed by atoms with Gasteiger partial charge in [-0.1, -0.05) is 60.7 Å². The van der Waals surface area contributed by atoms with Gasteiger partial charge in [0.1, 0.15) is 11.3 Å². The van der Waals surface area contributed by atoms with Crippen LogP contribution in [-0.2, 0) is 11.2 Å². The number of furan rings is 1. The maximum atomic E-state index is 12.8. The molecule has 33 heavy (non-hydrogen) atoms. The smallest absolute Gasteiger partial charge is 0.256 e. The van der Waals surface area contributed by atoms with E-state index in [1.165, 1.54) is 11.1 Å². The normalized spacial score (nSPS) is 14.1. The summed E-state index contributed by atoms with van der Waals surface area (Å²) < 4.78 is 6.41. The highest BCUT2D eigenvalue weighted by atomic mass is 32.1. The molecule has 0 unspecified atom stereocenters. The third kappa shape index (κ3) is 3.49. The lowest BCUT2D eigenvalue weighted by molar-refractivity contribution is -0.110. The van der Waals surface area contributed by atoms with E-state index in [1.54, 1.807) is 11.3 Å². The van der Waals surface area contributed by atoms with Crippen molar-refractivity contribution in [1.82, 2.24) is 0 Å². The fraction of sp³-hybridized carbons (Fsp3) is 0.0690. The number of carbonyl (C=O) groups excluding carboxylic acids is 1. The van der Waals surface area contributed by atoms with Gasteiger partial charge in [0.05, 0.1) is 11.3 Å². The van der Waals surface area contributed by atoms with Crippen LogP contribution in [0.1, 0.15) is 27.3 Å². The van der Waals surface area contributed by atoms with Gasteiger partial charge >= 0.3 is 0 Å². The van der Waals surface area contributed by atoms with E-state index in [0.717, 1.165) is 44.0 Å². The number of thiophene rings is 1. The van der Waals surface area contributed by atoms with Crippen molar-refractivity contribution < 1.29 is 9.21 Å². The molecule has 2 aromatic heterocycles. The van der Waals surface area contributed by atoms with Crippen molar-refractivity contribution in [2.24, 2.45) is 0 Å². The second-order valence-electron chi connectivity index (χ2n) is 8.30. The molecular formula is C29H21NO2S. The minimum atomic E-state index is -0.0729. The van der Waals surface area contributed by atoms with Crippen LogP contribution in [0.3, 0.4) is 0 Å². The Morgan fingerprint density at radius 2 is 1.73 bits per heavy atom. The molecule has 0 bridgehead atoms. The summed E-state index contributed by atoms with van der Waals surface area (Å²) in [5.74, 6) is 0.855. The van der Waals surface area contributed by atoms with Gasteiger partial charge in [-0.25, -0.2) is 0 Å². The van der Waals surface area contributed by atoms with E-state index in [0.29, 0.717) is 12.0 Å². The maximum absolute atomic E-state index is 12.8. The SMILES string of the molecule is Cc1ccsc1/C=C1\C(=O)Nc2cc3oc(Cc4ccccc4)c(-c4ccccc4)c3cc21. The largest absolute Gasteiger partial charge is 0.460 e. The van der Waals surface area contributed by atoms with Gasteiger partial charge in [0, 0.05) is 33.9 Å². The number of anilines is 1. The molecule has 1 aliphatic rings. The molecule has 3 aromatic carbocycles. The predicted octanol–water partition coefficient (Wildman–Crippen LogP) is 7.55. The molecule has 6 rings (SSSR count). The molecule has 4 heteroatoms. The molecule has 0 radical (unpaired) electrons. The lowest BCUT2D eigenvalue weighted by Crippen LogP contribution is -2.03. The zero-order valence-electron chi connectivity index (χ0n) is 18.1. The van der Waals surface area contributed by atoms with Crippen molar-refractivity contribution in [2.75, 3.05) is 5.32 Å². The molecule has 0 spiro atoms. The van der Waals surface area contributed by atoms with Gasteiger partial charge < -0.3 is 9.73 Å². The molecule has 0 atom stereocenters. The van der Waals surface area contributed by atoms with Crippen molar-refractivity contribution >= 4 is 45.5 Å². The Morgan fingerprint density at radius 3 is 2.45 bits per heavy atom. The highest BCUT2D eigenvalue weighted by molar-refractivity contribution is 7.11. The Labute approximate surface area is 196 Å². The third-order valence-corrected chi connectivity index (χ3v) is 7.10. The number of hydrogen-bond donors (Lipinski definition) is 1. The van der Waals surface area contributed by atoms with Gasteiger partial charge in [0.25, 0.3) is 5.91 Å². The van der Waals surface area contributed by atoms with E-state index in [4.69, 9.17) is 4.42 Å². The Hall–Kier alpha value is -3.89. The average molecular weight is 448 g/mol. The zero-order chi connectivity index (χ0) is 22.4. The molecule has 1 N–H and O–H groups in total. The molecule has 1 aliphatic heterocycles. The van der Waals surface area contributed by atoms with Crippen molar-refractivity contribution in [3.63, 3.8) is 0 Å². The monoisotopic (exact) mass is 447 g/mol. The summed E-state index contributed by atoms with van der Waals surface area (Å²) in [5.41, 5.74) is 7.77. The number of carbonyl (C=O) groups is 1. The first-order valence-electron chi connectivity index (χ1n) is 10.9. The van der Waals surface area contributed by atoms with Crippen molar-refractivity contribution in [3.8, 4) is 11.1 Å². The predicted molar refractivity (Wildman–Crippen MR) is 136 cm³/mol. The summed E-state index contributed by atoms with van der Waals surface area (Å²) in [6.45, 7) is 2.07. The molecule has 3 heterocycles. The van der Waals surface area contributed by atoms with Crippen LogP contribution in [0, 0.1) is 6.92 Å². The first-order chi connectivity index (χ1) is 16.2. The van der Waals surface area contributed by atoms with Gasteiger partial charge in [-0.3, -0.25) is 4.79 Å². The van der Waals surface area contributed by atoms with Crippen molar-refractivity contribution in [2.45, 2.75) is 13.3 Å². The molecule has 0 aliphatic carbocycles. The Bertz CT molecular complexity index is 1520. The maximum Gasteiger partial charge on any atom is 0.256 e. The van der Waals surface area contributed by atoms with E-state index in [1.807, 2.05) is 48.5 Å². The molecular weight excluding hydrogens is 426 g/mol. The first kappa shape index (κ1) is 19.8. The number of amides is 1. The molecule has 1 amide bonds. The second kappa shape index (κ2) is 7.91. The summed E-state index contributed by atoms with van der Waals surface area (Å²) >= 11 is 1.65. The van der Waals surface area contributed by atoms with E-state index in [9.17, 15) is 4.79 Å². The number of rotatable bonds is 4. The molecule has 5 aromatic rings. The van der Waals surface area contributed by atoms with Crippen LogP contribution in [0.25, 0.3) is 33.7 Å². The molecule has 3 nitrogen and oxygen atoms in total. The van der Waals surface area contributed by atoms with Crippen LogP contribution < -0.4 is 5.32 Å². The average Bonchev–Trinajstić information content (AvgIpc) is 3.49. The van der Waals surface area contributed by atoms with Crippen LogP contribution in [0.15, 0.2) is 88.7 Å². The number of fused-ring (bicyclic) bond motifs is 2. The third-order valence-electron chi connectivity index (χ3n) is 6.13. The lowest BCUT2D eigenvalue weighted by Gasteiger charge is -2.05. The summed E-state index contributed by atoms with van der Waals surface area (Å²) in [6.07, 6.45) is 2.70. The van der Waals surface area contributed by atoms with Gasteiger partial charge in [-0.05, 0) is 47.2 Å². The first-order valence-corrected chi connectivity index (χ1v) is 11.8. The summed E-state index contributed by atoms with van der Waals surface area (Å²) in [7, 11) is 0. The van der Waals surface area contributed by atoms with Gasteiger partial charge in [-0.15, -0.1) is 11.3 Å². The zero-order valence-corrected chi connectivity index (χ0v) is 18.9. The lowest BCUT2D eigenvalue weighted by atomic mass is 9.96. The minimum absolute atomic E-state index is 0.0729. The fourth-order valence-electron chi connectivity index (χ4n) is 4.47. The number of aryl methyl sites for hydroxylation is 1. The van der Waals surface area contributed by atoms with Gasteiger partial charge in [0.2, 0.25) is 0 Å². The summed E-state index contributed by atoms with van der Waals surface area (Å²) in [6, 6.07) is 26.8. The van der Waals surface area contributed by atoms with E-state index < -0.39 is 0 Å². The van der Waals surface area contributed by atoms with Crippen LogP contribution in [0.2, 0.25) is 0 Å². The highest BCUT2D eigenvalue weighted by Gasteiger charge is 2.27. The second-order valence-corrected chi connectivity index (χ2v) is 9.25. The molecule has 160 valence electrons. The number of hydrogen-bond acceptors (Lipinski definition) is 3. The highest BCUT2D eigenvalue weighted by Crippen LogP contribution is 2.43. The van der Waals surface area contributed by atoms with Gasteiger partial charge in [-0.2, -0.15) is 0 Å². The topological polar surface area (TPSA) is 42.2 Å². The number of benzene rings is 3. The minimum Gasteiger partial charge on any atom is -0.460 e. The van der Waals surface area contributed by atoms with Crippen LogP contribution in [0.4, 0.5) is 5.69 Å². The quantitative estimate of drug-likeness (QED) is 0.289. The number of nitrogens with one attached hydrogen (secondary N) is 1. The Morgan fingerprint density at radius 1 is 0.970 bits per heavy atom. The summed E-state index contributed by atoms with van der Waals surface area (Å²) in [5, 5.41) is 6.11. The van der Waals surface area contributed by atoms with E-state index in [-0.39, 0.29) is 5.91 Å². The molecule has 0 saturated heterocycles. The van der Waals surface area contributed by atoms with Crippen molar-refractivity contribution in [3.05, 3.63) is 112 Å².